The van der Waals surface area contributed by atoms with Gasteiger partial charge in [-0.1, -0.05) is 244 Å². The maximum atomic E-state index is 2.43. The summed E-state index contributed by atoms with van der Waals surface area (Å²) in [6.45, 7) is 4.78. The molecule has 0 spiro atoms. The number of hydrogen-bond acceptors (Lipinski definition) is 2. The summed E-state index contributed by atoms with van der Waals surface area (Å²) < 4.78 is 0. The lowest BCUT2D eigenvalue weighted by Gasteiger charge is -2.29. The van der Waals surface area contributed by atoms with Crippen LogP contribution in [0.4, 0.5) is 34.1 Å². The molecule has 1 aliphatic rings. The van der Waals surface area contributed by atoms with Gasteiger partial charge in [0.2, 0.25) is 0 Å². The van der Waals surface area contributed by atoms with Crippen molar-refractivity contribution in [2.24, 2.45) is 0 Å². The Morgan fingerprint density at radius 1 is 0.195 bits per heavy atom. The zero-order valence-electron chi connectivity index (χ0n) is 43.3. The SMILES string of the molecule is CC1(C)c2cc(N(c3ccc(-c4ccccc4)cc3)c3ccc(-c4ccc(-c5ccccc5)cc4)cc3)ccc2-c2ccc(N(c3ccc(-c4ccccc4)cc3)c3ccc(-c4ccc(-c5ccccc5)cc4)cc3)cc21. The van der Waals surface area contributed by atoms with Crippen molar-refractivity contribution in [1.29, 1.82) is 0 Å². The molecule has 77 heavy (non-hydrogen) atoms. The van der Waals surface area contributed by atoms with Crippen molar-refractivity contribution in [1.82, 2.24) is 0 Å². The molecule has 0 amide bonds. The Labute approximate surface area is 453 Å². The highest BCUT2D eigenvalue weighted by Crippen LogP contribution is 2.53. The summed E-state index contributed by atoms with van der Waals surface area (Å²) in [5, 5.41) is 0. The number of anilines is 6. The van der Waals surface area contributed by atoms with E-state index in [2.05, 4.69) is 327 Å². The van der Waals surface area contributed by atoms with Crippen molar-refractivity contribution < 1.29 is 0 Å². The van der Waals surface area contributed by atoms with E-state index in [0.717, 1.165) is 34.1 Å². The molecule has 0 heterocycles. The maximum Gasteiger partial charge on any atom is 0.0465 e. The van der Waals surface area contributed by atoms with Crippen LogP contribution in [0.2, 0.25) is 0 Å². The summed E-state index contributed by atoms with van der Waals surface area (Å²) in [6, 6.07) is 110. The van der Waals surface area contributed by atoms with E-state index in [9.17, 15) is 0 Å². The smallest absolute Gasteiger partial charge is 0.0465 e. The first-order valence-corrected chi connectivity index (χ1v) is 26.6. The molecule has 2 heteroatoms. The van der Waals surface area contributed by atoms with Gasteiger partial charge >= 0.3 is 0 Å². The molecule has 0 unspecified atom stereocenters. The molecule has 0 aliphatic heterocycles. The van der Waals surface area contributed by atoms with Gasteiger partial charge in [-0.15, -0.1) is 0 Å². The second kappa shape index (κ2) is 20.2. The Morgan fingerprint density at radius 2 is 0.377 bits per heavy atom. The molecule has 13 rings (SSSR count). The van der Waals surface area contributed by atoms with Gasteiger partial charge in [-0.3, -0.25) is 0 Å². The van der Waals surface area contributed by atoms with E-state index in [-0.39, 0.29) is 5.41 Å². The molecule has 366 valence electrons. The standard InChI is InChI=1S/C75H56N2/c1-75(2)73-51-69(76(65-39-31-61(32-40-65)55-19-11-5-12-20-55)67-43-35-63(36-44-67)59-27-23-57(24-28-59)53-15-7-3-8-16-53)47-49-71(73)72-50-48-70(52-74(72)75)77(66-41-33-62(34-42-66)56-21-13-6-14-22-56)68-45-37-64(38-46-68)60-29-25-58(26-30-60)54-17-9-4-10-18-54/h3-52H,1-2H3. The molecule has 0 bridgehead atoms. The zero-order chi connectivity index (χ0) is 51.7. The minimum Gasteiger partial charge on any atom is -0.310 e. The molecule has 0 atom stereocenters. The lowest BCUT2D eigenvalue weighted by atomic mass is 9.82. The molecule has 0 fully saturated rings. The third kappa shape index (κ3) is 9.21. The third-order valence-electron chi connectivity index (χ3n) is 15.5. The lowest BCUT2D eigenvalue weighted by molar-refractivity contribution is 0.660. The van der Waals surface area contributed by atoms with Gasteiger partial charge in [-0.25, -0.2) is 0 Å². The minimum absolute atomic E-state index is 0.298. The van der Waals surface area contributed by atoms with Crippen LogP contribution in [0, 0.1) is 0 Å². The minimum atomic E-state index is -0.298. The number of benzene rings is 12. The Hall–Kier alpha value is -9.76. The fraction of sp³-hybridized carbons (Fsp3) is 0.0400. The molecule has 12 aromatic carbocycles. The average molecular weight is 985 g/mol. The first-order chi connectivity index (χ1) is 37.9. The molecule has 0 radical (unpaired) electrons. The Bertz CT molecular complexity index is 3700. The van der Waals surface area contributed by atoms with E-state index in [4.69, 9.17) is 0 Å². The van der Waals surface area contributed by atoms with Gasteiger partial charge in [0.05, 0.1) is 0 Å². The van der Waals surface area contributed by atoms with Gasteiger partial charge in [-0.2, -0.15) is 0 Å². The Balaban J connectivity index is 0.850. The Kier molecular flexibility index (Phi) is 12.3. The second-order valence-electron chi connectivity index (χ2n) is 20.6. The van der Waals surface area contributed by atoms with Crippen molar-refractivity contribution in [2.75, 3.05) is 9.80 Å². The third-order valence-corrected chi connectivity index (χ3v) is 15.5. The maximum absolute atomic E-state index is 2.43. The summed E-state index contributed by atoms with van der Waals surface area (Å²) >= 11 is 0. The summed E-state index contributed by atoms with van der Waals surface area (Å²) in [6.07, 6.45) is 0. The molecule has 12 aromatic rings. The molecule has 0 aromatic heterocycles. The van der Waals surface area contributed by atoms with Crippen molar-refractivity contribution >= 4 is 34.1 Å². The summed E-state index contributed by atoms with van der Waals surface area (Å²) in [7, 11) is 0. The van der Waals surface area contributed by atoms with E-state index in [1.807, 2.05) is 0 Å². The summed E-state index contributed by atoms with van der Waals surface area (Å²) in [5.41, 5.74) is 25.9. The first-order valence-electron chi connectivity index (χ1n) is 26.6. The number of nitrogens with zero attached hydrogens (tertiary/aromatic N) is 2. The normalized spacial score (nSPS) is 12.1. The van der Waals surface area contributed by atoms with Crippen LogP contribution in [-0.2, 0) is 5.41 Å². The van der Waals surface area contributed by atoms with Crippen LogP contribution < -0.4 is 9.80 Å². The van der Waals surface area contributed by atoms with Gasteiger partial charge in [0, 0.05) is 39.5 Å². The zero-order valence-corrected chi connectivity index (χ0v) is 43.3. The van der Waals surface area contributed by atoms with Gasteiger partial charge in [0.15, 0.2) is 0 Å². The number of fused-ring (bicyclic) bond motifs is 3. The molecular weight excluding hydrogens is 929 g/mol. The van der Waals surface area contributed by atoms with Crippen LogP contribution in [0.25, 0.3) is 77.9 Å². The summed E-state index contributed by atoms with van der Waals surface area (Å²) in [4.78, 5) is 4.81. The Morgan fingerprint density at radius 3 is 0.597 bits per heavy atom. The topological polar surface area (TPSA) is 6.48 Å². The van der Waals surface area contributed by atoms with Crippen molar-refractivity contribution in [3.63, 3.8) is 0 Å². The van der Waals surface area contributed by atoms with Gasteiger partial charge in [0.1, 0.15) is 0 Å². The lowest BCUT2D eigenvalue weighted by Crippen LogP contribution is -2.17. The van der Waals surface area contributed by atoms with E-state index < -0.39 is 0 Å². The average Bonchev–Trinajstić information content (AvgIpc) is 3.88. The molecule has 0 saturated heterocycles. The molecule has 1 aliphatic carbocycles. The fourth-order valence-electron chi connectivity index (χ4n) is 11.3. The van der Waals surface area contributed by atoms with Crippen molar-refractivity contribution in [3.8, 4) is 77.9 Å². The van der Waals surface area contributed by atoms with Crippen molar-refractivity contribution in [3.05, 3.63) is 314 Å². The number of hydrogen-bond donors (Lipinski definition) is 0. The molecular formula is C75H56N2. The molecule has 2 nitrogen and oxygen atoms in total. The highest BCUT2D eigenvalue weighted by atomic mass is 15.1. The number of rotatable bonds is 12. The van der Waals surface area contributed by atoms with Crippen LogP contribution >= 0.6 is 0 Å². The van der Waals surface area contributed by atoms with Gasteiger partial charge < -0.3 is 9.80 Å². The van der Waals surface area contributed by atoms with Gasteiger partial charge in [0.25, 0.3) is 0 Å². The summed E-state index contributed by atoms with van der Waals surface area (Å²) in [5.74, 6) is 0. The van der Waals surface area contributed by atoms with Crippen molar-refractivity contribution in [2.45, 2.75) is 19.3 Å². The molecule has 0 N–H and O–H groups in total. The largest absolute Gasteiger partial charge is 0.310 e. The van der Waals surface area contributed by atoms with E-state index >= 15 is 0 Å². The van der Waals surface area contributed by atoms with E-state index in [1.54, 1.807) is 0 Å². The van der Waals surface area contributed by atoms with E-state index in [1.165, 1.54) is 89.0 Å². The van der Waals surface area contributed by atoms with Crippen LogP contribution in [0.1, 0.15) is 25.0 Å². The van der Waals surface area contributed by atoms with Gasteiger partial charge in [-0.05, 0) is 162 Å². The fourth-order valence-corrected chi connectivity index (χ4v) is 11.3. The molecule has 0 saturated carbocycles. The van der Waals surface area contributed by atoms with Crippen LogP contribution in [0.15, 0.2) is 303 Å². The predicted octanol–water partition coefficient (Wildman–Crippen LogP) is 20.9. The second-order valence-corrected chi connectivity index (χ2v) is 20.6. The quantitative estimate of drug-likeness (QED) is 0.120. The van der Waals surface area contributed by atoms with E-state index in [0.29, 0.717) is 0 Å². The predicted molar refractivity (Wildman–Crippen MR) is 326 cm³/mol. The highest BCUT2D eigenvalue weighted by molar-refractivity contribution is 5.89. The van der Waals surface area contributed by atoms with Crippen LogP contribution in [-0.4, -0.2) is 0 Å². The first kappa shape index (κ1) is 47.0. The van der Waals surface area contributed by atoms with Crippen LogP contribution in [0.5, 0.6) is 0 Å². The van der Waals surface area contributed by atoms with Crippen LogP contribution in [0.3, 0.4) is 0 Å². The highest BCUT2D eigenvalue weighted by Gasteiger charge is 2.37. The monoisotopic (exact) mass is 984 g/mol.